The molecule has 2 aliphatic heterocycles. The lowest BCUT2D eigenvalue weighted by Gasteiger charge is -2.37. The summed E-state index contributed by atoms with van der Waals surface area (Å²) in [5.41, 5.74) is 14.8. The molecule has 0 fully saturated rings. The molecule has 3 aromatic rings. The second-order valence-electron chi connectivity index (χ2n) is 11.4. The number of nitrogens with two attached hydrogens (primary N) is 3. The van der Waals surface area contributed by atoms with Crippen molar-refractivity contribution < 1.29 is 52.0 Å². The van der Waals surface area contributed by atoms with Crippen molar-refractivity contribution in [2.45, 2.75) is 38.8 Å². The molecule has 0 aromatic heterocycles. The van der Waals surface area contributed by atoms with Crippen molar-refractivity contribution in [2.75, 3.05) is 30.0 Å². The van der Waals surface area contributed by atoms with Crippen molar-refractivity contribution in [1.82, 2.24) is 0 Å². The van der Waals surface area contributed by atoms with Gasteiger partial charge in [0.2, 0.25) is 0 Å². The second kappa shape index (κ2) is 12.8. The number of carbonyl (C=O) groups is 4. The maximum absolute atomic E-state index is 15.5. The van der Waals surface area contributed by atoms with Crippen LogP contribution in [0.5, 0.6) is 23.0 Å². The molecule has 0 saturated heterocycles. The number of nitrogens with zero attached hydrogens (tertiary/aromatic N) is 1. The third-order valence-electron chi connectivity index (χ3n) is 7.85. The van der Waals surface area contributed by atoms with Crippen LogP contribution in [0.2, 0.25) is 0 Å². The number of halogens is 2. The zero-order chi connectivity index (χ0) is 35.9. The molecular weight excluding hydrogens is 650 g/mol. The van der Waals surface area contributed by atoms with E-state index in [0.717, 1.165) is 38.1 Å². The normalized spacial score (nSPS) is 14.6. The van der Waals surface area contributed by atoms with E-state index in [1.54, 1.807) is 6.92 Å². The number of hydrogen-bond donors (Lipinski definition) is 6. The highest BCUT2D eigenvalue weighted by molar-refractivity contribution is 6.07. The molecule has 0 radical (unpaired) electrons. The highest BCUT2D eigenvalue weighted by Gasteiger charge is 2.56. The summed E-state index contributed by atoms with van der Waals surface area (Å²) in [6.45, 7) is 4.00. The smallest absolute Gasteiger partial charge is 0.342 e. The summed E-state index contributed by atoms with van der Waals surface area (Å²) < 4.78 is 53.0. The Morgan fingerprint density at radius 2 is 1.53 bits per heavy atom. The molecule has 0 aliphatic carbocycles. The molecule has 3 aromatic carbocycles. The first-order chi connectivity index (χ1) is 23.1. The van der Waals surface area contributed by atoms with E-state index in [9.17, 15) is 24.3 Å². The number of nitrogen functional groups attached to an aromatic ring is 1. The Balaban J connectivity index is 1.77. The number of anilines is 3. The number of ether oxygens (including phenoxy) is 4. The minimum atomic E-state index is -2.16. The molecule has 0 amide bonds. The molecule has 9 N–H and O–H groups in total. The monoisotopic (exact) mass is 682 g/mol. The maximum atomic E-state index is 15.5. The van der Waals surface area contributed by atoms with Gasteiger partial charge in [-0.25, -0.2) is 18.4 Å². The van der Waals surface area contributed by atoms with E-state index in [-0.39, 0.29) is 75.7 Å². The van der Waals surface area contributed by atoms with Crippen LogP contribution in [0.1, 0.15) is 54.2 Å². The van der Waals surface area contributed by atoms with Crippen molar-refractivity contribution in [2.24, 2.45) is 22.4 Å². The highest BCUT2D eigenvalue weighted by atomic mass is 19.1. The zero-order valence-electron chi connectivity index (χ0n) is 26.6. The molecule has 2 heterocycles. The summed E-state index contributed by atoms with van der Waals surface area (Å²) in [5, 5.41) is 15.9. The van der Waals surface area contributed by atoms with Crippen LogP contribution in [0.25, 0.3) is 0 Å². The van der Waals surface area contributed by atoms with Crippen LogP contribution in [-0.4, -0.2) is 54.6 Å². The molecular formula is C32H32F2N6O9. The summed E-state index contributed by atoms with van der Waals surface area (Å²) in [6.07, 6.45) is 0.0423. The lowest BCUT2D eigenvalue weighted by Crippen LogP contribution is -2.34. The summed E-state index contributed by atoms with van der Waals surface area (Å²) in [6, 6.07) is 4.04. The molecule has 258 valence electrons. The summed E-state index contributed by atoms with van der Waals surface area (Å²) >= 11 is 0. The van der Waals surface area contributed by atoms with Crippen molar-refractivity contribution in [1.29, 1.82) is 0 Å². The number of aliphatic imine (C=N–C) groups is 1. The van der Waals surface area contributed by atoms with Gasteiger partial charge in [-0.2, -0.15) is 0 Å². The summed E-state index contributed by atoms with van der Waals surface area (Å²) in [7, 11) is 1.49. The van der Waals surface area contributed by atoms with Crippen molar-refractivity contribution in [3.8, 4) is 23.0 Å². The third kappa shape index (κ3) is 6.17. The molecule has 0 saturated carbocycles. The van der Waals surface area contributed by atoms with E-state index >= 15 is 8.78 Å². The van der Waals surface area contributed by atoms with Crippen LogP contribution in [0.15, 0.2) is 35.3 Å². The maximum Gasteiger partial charge on any atom is 0.342 e. The first kappa shape index (κ1) is 34.2. The lowest BCUT2D eigenvalue weighted by atomic mass is 9.77. The molecule has 15 nitrogen and oxygen atoms in total. The minimum absolute atomic E-state index is 0.0285. The molecule has 1 unspecified atom stereocenters. The van der Waals surface area contributed by atoms with Crippen LogP contribution < -0.4 is 42.0 Å². The van der Waals surface area contributed by atoms with Gasteiger partial charge in [0, 0.05) is 45.1 Å². The first-order valence-corrected chi connectivity index (χ1v) is 14.7. The predicted octanol–water partition coefficient (Wildman–Crippen LogP) is 3.17. The number of aliphatic carboxylic acids is 1. The molecule has 17 heteroatoms. The number of benzene rings is 3. The Kier molecular flexibility index (Phi) is 8.95. The van der Waals surface area contributed by atoms with E-state index in [2.05, 4.69) is 15.6 Å². The van der Waals surface area contributed by atoms with Crippen LogP contribution >= 0.6 is 0 Å². The zero-order valence-corrected chi connectivity index (χ0v) is 26.6. The van der Waals surface area contributed by atoms with Gasteiger partial charge in [-0.05, 0) is 30.5 Å². The third-order valence-corrected chi connectivity index (χ3v) is 7.85. The number of guanidine groups is 1. The van der Waals surface area contributed by atoms with Gasteiger partial charge < -0.3 is 51.9 Å². The van der Waals surface area contributed by atoms with Gasteiger partial charge in [0.1, 0.15) is 17.5 Å². The molecule has 0 bridgehead atoms. The Hall–Kier alpha value is -6.13. The number of carboxylic acid groups (broad SMARTS) is 1. The Bertz CT molecular complexity index is 1880. The van der Waals surface area contributed by atoms with Crippen LogP contribution in [-0.2, 0) is 24.7 Å². The van der Waals surface area contributed by atoms with Crippen LogP contribution in [0, 0.1) is 17.6 Å². The molecule has 1 spiro atoms. The van der Waals surface area contributed by atoms with Gasteiger partial charge in [0.25, 0.3) is 0 Å². The fourth-order valence-electron chi connectivity index (χ4n) is 5.90. The van der Waals surface area contributed by atoms with E-state index in [1.807, 2.05) is 0 Å². The molecule has 5 rings (SSSR count). The van der Waals surface area contributed by atoms with Crippen LogP contribution in [0.3, 0.4) is 0 Å². The number of esters is 3. The van der Waals surface area contributed by atoms with Crippen molar-refractivity contribution >= 4 is 46.9 Å². The average Bonchev–Trinajstić information content (AvgIpc) is 3.29. The fourth-order valence-corrected chi connectivity index (χ4v) is 5.90. The number of carbonyl (C=O) groups excluding carboxylic acids is 3. The Morgan fingerprint density at radius 3 is 2.00 bits per heavy atom. The van der Waals surface area contributed by atoms with Gasteiger partial charge in [-0.3, -0.25) is 14.6 Å². The van der Waals surface area contributed by atoms with Gasteiger partial charge in [0.05, 0.1) is 33.8 Å². The van der Waals surface area contributed by atoms with Crippen LogP contribution in [0.4, 0.5) is 25.8 Å². The molecule has 49 heavy (non-hydrogen) atoms. The first-order valence-electron chi connectivity index (χ1n) is 14.7. The Labute approximate surface area is 277 Å². The van der Waals surface area contributed by atoms with E-state index < -0.39 is 58.7 Å². The lowest BCUT2D eigenvalue weighted by molar-refractivity contribution is -0.138. The standard InChI is InChI=1S/C32H32F2N6O9/c1-12(11-39-31(36)37)5-21(29(43)44)40-20-8-17-26(27(35)28(20)38-4)30(45)49-32(17)15-6-18(33)24(46-13(2)41)9-22(15)48-23-10-25(47-14(3)42)19(34)7-16(23)32/h6-10,12,21,38,40H,5,11,35H2,1-4H3,(H,43,44)(H4,36,37,39)/t12?,21-/m0/s1. The number of hydrogen-bond acceptors (Lipinski definition) is 12. The van der Waals surface area contributed by atoms with Gasteiger partial charge in [-0.1, -0.05) is 6.92 Å². The number of carboxylic acids is 1. The quantitative estimate of drug-likeness (QED) is 0.0592. The number of nitrogens with one attached hydrogen (secondary N) is 2. The second-order valence-corrected chi connectivity index (χ2v) is 11.4. The average molecular weight is 683 g/mol. The summed E-state index contributed by atoms with van der Waals surface area (Å²) in [4.78, 5) is 53.5. The van der Waals surface area contributed by atoms with E-state index in [4.69, 9.17) is 36.1 Å². The van der Waals surface area contributed by atoms with E-state index in [0.29, 0.717) is 0 Å². The fraction of sp³-hybridized carbons (Fsp3) is 0.281. The topological polar surface area (TPSA) is 240 Å². The van der Waals surface area contributed by atoms with Crippen molar-refractivity contribution in [3.05, 3.63) is 64.2 Å². The highest BCUT2D eigenvalue weighted by Crippen LogP contribution is 2.59. The SMILES string of the molecule is CNc1c(N[C@@H](CC(C)CN=C(N)N)C(=O)O)cc2c(c1N)C(=O)OC21c2cc(F)c(OC(C)=O)cc2Oc2cc(OC(C)=O)c(F)cc21. The molecule has 2 aliphatic rings. The predicted molar refractivity (Wildman–Crippen MR) is 171 cm³/mol. The minimum Gasteiger partial charge on any atom is -0.480 e. The van der Waals surface area contributed by atoms with Gasteiger partial charge in [0.15, 0.2) is 34.7 Å². The number of fused-ring (bicyclic) bond motifs is 6. The van der Waals surface area contributed by atoms with Gasteiger partial charge >= 0.3 is 23.9 Å². The summed E-state index contributed by atoms with van der Waals surface area (Å²) in [5.74, 6) is -7.87. The molecule has 2 atom stereocenters. The van der Waals surface area contributed by atoms with E-state index in [1.165, 1.54) is 13.1 Å². The Morgan fingerprint density at radius 1 is 0.980 bits per heavy atom. The largest absolute Gasteiger partial charge is 0.480 e. The van der Waals surface area contributed by atoms with Crippen molar-refractivity contribution in [3.63, 3.8) is 0 Å². The van der Waals surface area contributed by atoms with Gasteiger partial charge in [-0.15, -0.1) is 0 Å². The number of rotatable bonds is 10.